The van der Waals surface area contributed by atoms with E-state index in [1.54, 1.807) is 17.5 Å². The Kier molecular flexibility index (Phi) is 3.10. The van der Waals surface area contributed by atoms with Crippen molar-refractivity contribution >= 4 is 23.2 Å². The Hall–Kier alpha value is -1.55. The van der Waals surface area contributed by atoms with Gasteiger partial charge in [0.15, 0.2) is 5.69 Å². The molecule has 0 aliphatic rings. The zero-order valence-corrected chi connectivity index (χ0v) is 9.57. The number of carbonyl (C=O) groups is 1. The monoisotopic (exact) mass is 238 g/mol. The van der Waals surface area contributed by atoms with Crippen molar-refractivity contribution in [3.8, 4) is 0 Å². The summed E-state index contributed by atoms with van der Waals surface area (Å²) in [6, 6.07) is 3.74. The van der Waals surface area contributed by atoms with E-state index in [2.05, 4.69) is 4.98 Å². The molecule has 0 aliphatic heterocycles. The first-order chi connectivity index (χ1) is 7.76. The van der Waals surface area contributed by atoms with Gasteiger partial charge >= 0.3 is 5.97 Å². The van der Waals surface area contributed by atoms with Crippen molar-refractivity contribution in [2.24, 2.45) is 0 Å². The van der Waals surface area contributed by atoms with Crippen LogP contribution in [0.15, 0.2) is 24.5 Å². The van der Waals surface area contributed by atoms with E-state index >= 15 is 0 Å². The molecule has 0 atom stereocenters. The largest absolute Gasteiger partial charge is 0.461 e. The zero-order chi connectivity index (χ0) is 11.5. The number of hydrogen-bond acceptors (Lipinski definition) is 3. The highest BCUT2D eigenvalue weighted by Gasteiger charge is 2.12. The highest BCUT2D eigenvalue weighted by Crippen LogP contribution is 2.13. The van der Waals surface area contributed by atoms with Crippen molar-refractivity contribution in [1.82, 2.24) is 9.38 Å². The summed E-state index contributed by atoms with van der Waals surface area (Å²) in [5, 5.41) is 0. The van der Waals surface area contributed by atoms with Crippen LogP contribution in [0.3, 0.4) is 0 Å². The van der Waals surface area contributed by atoms with E-state index in [1.165, 1.54) is 0 Å². The topological polar surface area (TPSA) is 43.6 Å². The number of pyridine rings is 1. The van der Waals surface area contributed by atoms with Gasteiger partial charge in [0, 0.05) is 18.0 Å². The molecule has 0 bridgehead atoms. The van der Waals surface area contributed by atoms with E-state index in [9.17, 15) is 4.79 Å². The number of halogens is 1. The smallest absolute Gasteiger partial charge is 0.358 e. The number of ether oxygens (including phenoxy) is 1. The Morgan fingerprint density at radius 3 is 3.12 bits per heavy atom. The van der Waals surface area contributed by atoms with Gasteiger partial charge in [-0.05, 0) is 13.0 Å². The van der Waals surface area contributed by atoms with Crippen LogP contribution in [-0.2, 0) is 10.6 Å². The summed E-state index contributed by atoms with van der Waals surface area (Å²) in [7, 11) is 0. The molecule has 0 saturated heterocycles. The fourth-order valence-electron chi connectivity index (χ4n) is 1.48. The third-order valence-electron chi connectivity index (χ3n) is 2.19. The van der Waals surface area contributed by atoms with Crippen molar-refractivity contribution in [2.45, 2.75) is 12.8 Å². The van der Waals surface area contributed by atoms with E-state index in [1.807, 2.05) is 18.3 Å². The summed E-state index contributed by atoms with van der Waals surface area (Å²) in [5.74, 6) is -0.0457. The van der Waals surface area contributed by atoms with Crippen LogP contribution in [0, 0.1) is 0 Å². The van der Waals surface area contributed by atoms with Crippen LogP contribution in [0.25, 0.3) is 5.65 Å². The molecule has 2 heterocycles. The van der Waals surface area contributed by atoms with Crippen LogP contribution >= 0.6 is 11.6 Å². The molecular formula is C11H11ClN2O2. The van der Waals surface area contributed by atoms with Crippen LogP contribution in [0.1, 0.15) is 23.0 Å². The maximum Gasteiger partial charge on any atom is 0.358 e. The lowest BCUT2D eigenvalue weighted by atomic mass is 10.3. The highest BCUT2D eigenvalue weighted by atomic mass is 35.5. The minimum absolute atomic E-state index is 0.305. The summed E-state index contributed by atoms with van der Waals surface area (Å²) < 4.78 is 6.65. The van der Waals surface area contributed by atoms with Crippen LogP contribution in [0.4, 0.5) is 0 Å². The lowest BCUT2D eigenvalue weighted by Crippen LogP contribution is -2.04. The van der Waals surface area contributed by atoms with Crippen molar-refractivity contribution < 1.29 is 9.53 Å². The van der Waals surface area contributed by atoms with Crippen LogP contribution < -0.4 is 0 Å². The van der Waals surface area contributed by atoms with Gasteiger partial charge in [-0.15, -0.1) is 11.6 Å². The Morgan fingerprint density at radius 2 is 2.44 bits per heavy atom. The Bertz CT molecular complexity index is 522. The van der Waals surface area contributed by atoms with E-state index in [0.29, 0.717) is 23.8 Å². The van der Waals surface area contributed by atoms with Crippen LogP contribution in [-0.4, -0.2) is 22.0 Å². The molecule has 2 aromatic heterocycles. The van der Waals surface area contributed by atoms with Gasteiger partial charge in [0.05, 0.1) is 12.5 Å². The second-order valence-corrected chi connectivity index (χ2v) is 3.51. The zero-order valence-electron chi connectivity index (χ0n) is 8.81. The van der Waals surface area contributed by atoms with Crippen molar-refractivity contribution in [3.63, 3.8) is 0 Å². The molecule has 0 aliphatic carbocycles. The fraction of sp³-hybridized carbons (Fsp3) is 0.273. The average molecular weight is 239 g/mol. The maximum absolute atomic E-state index is 11.5. The molecule has 2 rings (SSSR count). The molecule has 5 heteroatoms. The molecule has 0 saturated carbocycles. The van der Waals surface area contributed by atoms with Crippen LogP contribution in [0.5, 0.6) is 0 Å². The maximum atomic E-state index is 11.5. The highest BCUT2D eigenvalue weighted by molar-refractivity contribution is 6.17. The second-order valence-electron chi connectivity index (χ2n) is 3.24. The number of hydrogen-bond donors (Lipinski definition) is 0. The lowest BCUT2D eigenvalue weighted by molar-refractivity contribution is 0.0520. The van der Waals surface area contributed by atoms with Gasteiger partial charge in [-0.3, -0.25) is 0 Å². The lowest BCUT2D eigenvalue weighted by Gasteiger charge is -1.96. The molecule has 16 heavy (non-hydrogen) atoms. The number of carbonyl (C=O) groups excluding carboxylic acids is 1. The van der Waals surface area contributed by atoms with Gasteiger partial charge in [-0.2, -0.15) is 0 Å². The Labute approximate surface area is 97.8 Å². The molecule has 0 fully saturated rings. The average Bonchev–Trinajstić information content (AvgIpc) is 2.72. The molecule has 0 N–H and O–H groups in total. The van der Waals surface area contributed by atoms with E-state index in [4.69, 9.17) is 16.3 Å². The summed E-state index contributed by atoms with van der Waals surface area (Å²) in [6.07, 6.45) is 3.46. The number of nitrogens with zero attached hydrogens (tertiary/aromatic N) is 2. The summed E-state index contributed by atoms with van der Waals surface area (Å²) in [5.41, 5.74) is 1.89. The van der Waals surface area contributed by atoms with E-state index in [-0.39, 0.29) is 0 Å². The standard InChI is InChI=1S/C11H11ClN2O2/c1-2-16-11(15)9-7-14-5-3-4-8(6-12)10(14)13-9/h3-5,7H,2,6H2,1H3. The number of alkyl halides is 1. The predicted molar refractivity (Wildman–Crippen MR) is 60.7 cm³/mol. The third kappa shape index (κ3) is 1.88. The minimum atomic E-state index is -0.410. The number of fused-ring (bicyclic) bond motifs is 1. The summed E-state index contributed by atoms with van der Waals surface area (Å²) in [4.78, 5) is 15.7. The first-order valence-corrected chi connectivity index (χ1v) is 5.49. The molecule has 0 spiro atoms. The van der Waals surface area contributed by atoms with Crippen molar-refractivity contribution in [1.29, 1.82) is 0 Å². The second kappa shape index (κ2) is 4.53. The minimum Gasteiger partial charge on any atom is -0.461 e. The van der Waals surface area contributed by atoms with Gasteiger partial charge in [-0.25, -0.2) is 9.78 Å². The van der Waals surface area contributed by atoms with Crippen molar-refractivity contribution in [2.75, 3.05) is 6.61 Å². The first-order valence-electron chi connectivity index (χ1n) is 4.96. The molecule has 0 radical (unpaired) electrons. The Balaban J connectivity index is 2.47. The summed E-state index contributed by atoms with van der Waals surface area (Å²) >= 11 is 5.79. The van der Waals surface area contributed by atoms with Crippen molar-refractivity contribution in [3.05, 3.63) is 35.8 Å². The van der Waals surface area contributed by atoms with E-state index in [0.717, 1.165) is 5.56 Å². The predicted octanol–water partition coefficient (Wildman–Crippen LogP) is 2.25. The van der Waals surface area contributed by atoms with Gasteiger partial charge in [0.2, 0.25) is 0 Å². The molecule has 4 nitrogen and oxygen atoms in total. The van der Waals surface area contributed by atoms with Crippen LogP contribution in [0.2, 0.25) is 0 Å². The normalized spacial score (nSPS) is 10.6. The van der Waals surface area contributed by atoms with Gasteiger partial charge in [0.1, 0.15) is 5.65 Å². The Morgan fingerprint density at radius 1 is 1.62 bits per heavy atom. The van der Waals surface area contributed by atoms with Gasteiger partial charge in [0.25, 0.3) is 0 Å². The molecule has 0 aromatic carbocycles. The molecule has 84 valence electrons. The number of imidazole rings is 1. The SMILES string of the molecule is CCOC(=O)c1cn2cccc(CCl)c2n1. The molecule has 0 unspecified atom stereocenters. The first kappa shape index (κ1) is 11.0. The number of esters is 1. The molecule has 0 amide bonds. The summed E-state index contributed by atoms with van der Waals surface area (Å²) in [6.45, 7) is 2.10. The van der Waals surface area contributed by atoms with E-state index < -0.39 is 5.97 Å². The quantitative estimate of drug-likeness (QED) is 0.609. The number of aromatic nitrogens is 2. The van der Waals surface area contributed by atoms with Gasteiger partial charge in [-0.1, -0.05) is 6.07 Å². The third-order valence-corrected chi connectivity index (χ3v) is 2.48. The molecule has 2 aromatic rings. The number of rotatable bonds is 3. The van der Waals surface area contributed by atoms with Gasteiger partial charge < -0.3 is 9.14 Å². The molecular weight excluding hydrogens is 228 g/mol. The fourth-order valence-corrected chi connectivity index (χ4v) is 1.69.